The molecule has 2 aromatic heterocycles. The molecule has 0 bridgehead atoms. The lowest BCUT2D eigenvalue weighted by molar-refractivity contribution is 0.0927. The number of ketones is 1. The van der Waals surface area contributed by atoms with E-state index in [-0.39, 0.29) is 11.7 Å². The van der Waals surface area contributed by atoms with Crippen LogP contribution in [0, 0.1) is 5.92 Å². The Morgan fingerprint density at radius 3 is 2.89 bits per heavy atom. The maximum Gasteiger partial charge on any atom is 0.181 e. The molecule has 0 spiro atoms. The Hall–Kier alpha value is -1.62. The van der Waals surface area contributed by atoms with Gasteiger partial charge in [0.1, 0.15) is 10.6 Å². The van der Waals surface area contributed by atoms with E-state index in [0.29, 0.717) is 21.5 Å². The van der Waals surface area contributed by atoms with Crippen LogP contribution in [0.5, 0.6) is 0 Å². The third-order valence-electron chi connectivity index (χ3n) is 3.35. The van der Waals surface area contributed by atoms with E-state index in [9.17, 15) is 4.79 Å². The van der Waals surface area contributed by atoms with Gasteiger partial charge in [0.15, 0.2) is 16.7 Å². The van der Waals surface area contributed by atoms with Gasteiger partial charge in [0, 0.05) is 5.92 Å². The molecule has 0 unspecified atom stereocenters. The van der Waals surface area contributed by atoms with Crippen molar-refractivity contribution in [2.45, 2.75) is 25.7 Å². The highest BCUT2D eigenvalue weighted by atomic mass is 32.1. The predicted octanol–water partition coefficient (Wildman–Crippen LogP) is 3.36. The summed E-state index contributed by atoms with van der Waals surface area (Å²) in [6.07, 6.45) is 5.82. The van der Waals surface area contributed by atoms with Gasteiger partial charge in [0.25, 0.3) is 0 Å². The lowest BCUT2D eigenvalue weighted by Gasteiger charge is -2.06. The van der Waals surface area contributed by atoms with Crippen LogP contribution in [-0.2, 0) is 0 Å². The van der Waals surface area contributed by atoms with Gasteiger partial charge in [0.05, 0.1) is 6.26 Å². The van der Waals surface area contributed by atoms with E-state index in [1.54, 1.807) is 18.4 Å². The van der Waals surface area contributed by atoms with Crippen molar-refractivity contribution in [2.75, 3.05) is 5.73 Å². The van der Waals surface area contributed by atoms with Crippen LogP contribution in [0.1, 0.15) is 35.4 Å². The molecule has 3 rings (SSSR count). The maximum atomic E-state index is 12.4. The second-order valence-corrected chi connectivity index (χ2v) is 5.58. The molecule has 94 valence electrons. The Morgan fingerprint density at radius 1 is 1.44 bits per heavy atom. The average molecular weight is 262 g/mol. The van der Waals surface area contributed by atoms with E-state index in [0.717, 1.165) is 25.7 Å². The first kappa shape index (κ1) is 11.5. The largest absolute Gasteiger partial charge is 0.463 e. The number of aromatic nitrogens is 1. The Kier molecular flexibility index (Phi) is 2.91. The van der Waals surface area contributed by atoms with E-state index in [1.807, 2.05) is 0 Å². The second kappa shape index (κ2) is 4.57. The molecule has 5 heteroatoms. The van der Waals surface area contributed by atoms with Crippen molar-refractivity contribution in [1.82, 2.24) is 4.98 Å². The molecule has 18 heavy (non-hydrogen) atoms. The molecule has 0 aliphatic heterocycles. The second-order valence-electron chi connectivity index (χ2n) is 4.55. The molecular formula is C13H14N2O2S. The van der Waals surface area contributed by atoms with Gasteiger partial charge in [-0.1, -0.05) is 24.2 Å². The van der Waals surface area contributed by atoms with Gasteiger partial charge >= 0.3 is 0 Å². The predicted molar refractivity (Wildman–Crippen MR) is 70.5 cm³/mol. The molecule has 2 aromatic rings. The zero-order chi connectivity index (χ0) is 12.5. The van der Waals surface area contributed by atoms with Gasteiger partial charge < -0.3 is 10.2 Å². The number of nitrogen functional groups attached to an aromatic ring is 1. The summed E-state index contributed by atoms with van der Waals surface area (Å²) in [5.41, 5.74) is 6.33. The summed E-state index contributed by atoms with van der Waals surface area (Å²) < 4.78 is 5.32. The van der Waals surface area contributed by atoms with Crippen LogP contribution in [0.25, 0.3) is 11.5 Å². The summed E-state index contributed by atoms with van der Waals surface area (Å²) in [6, 6.07) is 3.59. The highest BCUT2D eigenvalue weighted by Gasteiger charge is 2.29. The molecule has 4 nitrogen and oxygen atoms in total. The first-order valence-electron chi connectivity index (χ1n) is 6.10. The van der Waals surface area contributed by atoms with Crippen LogP contribution in [0.3, 0.4) is 0 Å². The van der Waals surface area contributed by atoms with Crippen LogP contribution in [0.2, 0.25) is 0 Å². The fraction of sp³-hybridized carbons (Fsp3) is 0.385. The fourth-order valence-electron chi connectivity index (χ4n) is 2.46. The van der Waals surface area contributed by atoms with Crippen molar-refractivity contribution in [2.24, 2.45) is 5.92 Å². The number of carbonyl (C=O) groups excluding carboxylic acids is 1. The summed E-state index contributed by atoms with van der Waals surface area (Å²) >= 11 is 1.26. The standard InChI is InChI=1S/C13H14N2O2S/c14-13-15-10(9-6-3-7-17-9)12(18-13)11(16)8-4-1-2-5-8/h3,6-8H,1-2,4-5H2,(H2,14,15). The normalized spacial score (nSPS) is 16.2. The number of hydrogen-bond donors (Lipinski definition) is 1. The molecule has 0 saturated heterocycles. The molecule has 0 atom stereocenters. The molecule has 1 aliphatic carbocycles. The van der Waals surface area contributed by atoms with Gasteiger partial charge in [-0.3, -0.25) is 4.79 Å². The van der Waals surface area contributed by atoms with Crippen LogP contribution in [0.15, 0.2) is 22.8 Å². The molecule has 2 N–H and O–H groups in total. The smallest absolute Gasteiger partial charge is 0.181 e. The number of Topliss-reactive ketones (excluding diaryl/α,β-unsaturated/α-hetero) is 1. The van der Waals surface area contributed by atoms with Crippen LogP contribution < -0.4 is 5.73 Å². The summed E-state index contributed by atoms with van der Waals surface area (Å²) in [5, 5.41) is 0.419. The van der Waals surface area contributed by atoms with E-state index in [1.165, 1.54) is 11.3 Å². The highest BCUT2D eigenvalue weighted by Crippen LogP contribution is 2.35. The first-order chi connectivity index (χ1) is 8.75. The van der Waals surface area contributed by atoms with Gasteiger partial charge in [0.2, 0.25) is 0 Å². The summed E-state index contributed by atoms with van der Waals surface area (Å²) in [7, 11) is 0. The number of carbonyl (C=O) groups is 1. The van der Waals surface area contributed by atoms with Gasteiger partial charge in [-0.25, -0.2) is 4.98 Å². The summed E-state index contributed by atoms with van der Waals surface area (Å²) in [5.74, 6) is 0.927. The Morgan fingerprint density at radius 2 is 2.22 bits per heavy atom. The Labute approximate surface area is 109 Å². The lowest BCUT2D eigenvalue weighted by Crippen LogP contribution is -2.10. The van der Waals surface area contributed by atoms with Crippen molar-refractivity contribution < 1.29 is 9.21 Å². The SMILES string of the molecule is Nc1nc(-c2ccco2)c(C(=O)C2CCCC2)s1. The topological polar surface area (TPSA) is 69.1 Å². The fourth-order valence-corrected chi connectivity index (χ4v) is 3.31. The van der Waals surface area contributed by atoms with Gasteiger partial charge in [-0.05, 0) is 25.0 Å². The van der Waals surface area contributed by atoms with E-state index < -0.39 is 0 Å². The summed E-state index contributed by atoms with van der Waals surface area (Å²) in [4.78, 5) is 17.3. The molecule has 1 aliphatic rings. The quantitative estimate of drug-likeness (QED) is 0.861. The minimum absolute atomic E-state index is 0.138. The molecule has 1 saturated carbocycles. The number of thiazole rings is 1. The minimum Gasteiger partial charge on any atom is -0.463 e. The van der Waals surface area contributed by atoms with Gasteiger partial charge in [-0.2, -0.15) is 0 Å². The van der Waals surface area contributed by atoms with Crippen LogP contribution >= 0.6 is 11.3 Å². The lowest BCUT2D eigenvalue weighted by atomic mass is 10.0. The third kappa shape index (κ3) is 1.95. The minimum atomic E-state index is 0.138. The van der Waals surface area contributed by atoms with E-state index in [4.69, 9.17) is 10.2 Å². The molecule has 0 aromatic carbocycles. The van der Waals surface area contributed by atoms with Crippen molar-refractivity contribution in [3.05, 3.63) is 23.3 Å². The highest BCUT2D eigenvalue weighted by molar-refractivity contribution is 7.17. The average Bonchev–Trinajstić information content (AvgIpc) is 3.09. The van der Waals surface area contributed by atoms with E-state index >= 15 is 0 Å². The number of furan rings is 1. The maximum absolute atomic E-state index is 12.4. The zero-order valence-corrected chi connectivity index (χ0v) is 10.7. The Balaban J connectivity index is 1.98. The van der Waals surface area contributed by atoms with Crippen molar-refractivity contribution >= 4 is 22.3 Å². The van der Waals surface area contributed by atoms with E-state index in [2.05, 4.69) is 4.98 Å². The van der Waals surface area contributed by atoms with Crippen molar-refractivity contribution in [1.29, 1.82) is 0 Å². The van der Waals surface area contributed by atoms with Crippen molar-refractivity contribution in [3.8, 4) is 11.5 Å². The third-order valence-corrected chi connectivity index (χ3v) is 4.25. The Bertz CT molecular complexity index is 554. The molecule has 2 heterocycles. The first-order valence-corrected chi connectivity index (χ1v) is 6.92. The number of hydrogen-bond acceptors (Lipinski definition) is 5. The van der Waals surface area contributed by atoms with Crippen LogP contribution in [-0.4, -0.2) is 10.8 Å². The van der Waals surface area contributed by atoms with Crippen molar-refractivity contribution in [3.63, 3.8) is 0 Å². The molecule has 0 radical (unpaired) electrons. The number of nitrogens with two attached hydrogens (primary N) is 1. The number of rotatable bonds is 3. The van der Waals surface area contributed by atoms with Gasteiger partial charge in [-0.15, -0.1) is 0 Å². The number of nitrogens with zero attached hydrogens (tertiary/aromatic N) is 1. The monoisotopic (exact) mass is 262 g/mol. The summed E-state index contributed by atoms with van der Waals surface area (Å²) in [6.45, 7) is 0. The van der Waals surface area contributed by atoms with Crippen LogP contribution in [0.4, 0.5) is 5.13 Å². The molecular weight excluding hydrogens is 248 g/mol. The zero-order valence-electron chi connectivity index (χ0n) is 9.89. The molecule has 0 amide bonds. The molecule has 1 fully saturated rings. The number of anilines is 1.